The van der Waals surface area contributed by atoms with Gasteiger partial charge in [-0.3, -0.25) is 14.9 Å². The van der Waals surface area contributed by atoms with Gasteiger partial charge in [-0.1, -0.05) is 0 Å². The van der Waals surface area contributed by atoms with Crippen molar-refractivity contribution in [2.75, 3.05) is 0 Å². The largest absolute Gasteiger partial charge is 0.298 e. The van der Waals surface area contributed by atoms with Gasteiger partial charge in [0.15, 0.2) is 6.29 Å². The van der Waals surface area contributed by atoms with E-state index in [1.807, 2.05) is 0 Å². The molecule has 0 heterocycles. The van der Waals surface area contributed by atoms with Crippen LogP contribution in [0.2, 0.25) is 0 Å². The maximum Gasteiger partial charge on any atom is 0.296 e. The molecule has 0 amide bonds. The average Bonchev–Trinajstić information content (AvgIpc) is 2.08. The van der Waals surface area contributed by atoms with Crippen LogP contribution >= 0.6 is 15.9 Å². The molecule has 0 aliphatic heterocycles. The lowest BCUT2D eigenvalue weighted by molar-refractivity contribution is -0.386. The lowest BCUT2D eigenvalue weighted by Crippen LogP contribution is -1.97. The smallest absolute Gasteiger partial charge is 0.296 e. The van der Waals surface area contributed by atoms with E-state index in [0.717, 1.165) is 12.1 Å². The monoisotopic (exact) mass is 247 g/mol. The first-order valence-corrected chi connectivity index (χ1v) is 3.94. The van der Waals surface area contributed by atoms with Gasteiger partial charge in [-0.05, 0) is 28.1 Å². The quantitative estimate of drug-likeness (QED) is 0.458. The Bertz CT molecular complexity index is 380. The molecule has 0 saturated heterocycles. The third kappa shape index (κ3) is 1.72. The average molecular weight is 248 g/mol. The fraction of sp³-hybridized carbons (Fsp3) is 0. The van der Waals surface area contributed by atoms with Crippen LogP contribution in [-0.2, 0) is 0 Å². The van der Waals surface area contributed by atoms with E-state index < -0.39 is 16.4 Å². The van der Waals surface area contributed by atoms with Gasteiger partial charge in [-0.2, -0.15) is 0 Å². The van der Waals surface area contributed by atoms with E-state index in [1.165, 1.54) is 0 Å². The zero-order chi connectivity index (χ0) is 10.0. The summed E-state index contributed by atoms with van der Waals surface area (Å²) < 4.78 is 12.5. The Labute approximate surface area is 80.6 Å². The van der Waals surface area contributed by atoms with E-state index >= 15 is 0 Å². The van der Waals surface area contributed by atoms with Crippen molar-refractivity contribution in [2.24, 2.45) is 0 Å². The maximum atomic E-state index is 12.8. The highest BCUT2D eigenvalue weighted by Gasteiger charge is 2.20. The molecule has 1 rings (SSSR count). The van der Waals surface area contributed by atoms with Gasteiger partial charge in [0.05, 0.1) is 10.5 Å². The minimum atomic E-state index is -0.809. The number of nitrogens with zero attached hydrogens (tertiary/aromatic N) is 1. The van der Waals surface area contributed by atoms with Crippen molar-refractivity contribution in [3.8, 4) is 0 Å². The number of nitro groups is 1. The van der Waals surface area contributed by atoms with Gasteiger partial charge in [-0.25, -0.2) is 4.39 Å². The predicted molar refractivity (Wildman–Crippen MR) is 46.1 cm³/mol. The Balaban J connectivity index is 3.50. The minimum Gasteiger partial charge on any atom is -0.298 e. The number of rotatable bonds is 2. The van der Waals surface area contributed by atoms with E-state index in [1.54, 1.807) is 0 Å². The molecule has 0 aliphatic rings. The molecule has 0 N–H and O–H groups in total. The van der Waals surface area contributed by atoms with Crippen LogP contribution in [0.4, 0.5) is 10.1 Å². The molecule has 0 bridgehead atoms. The summed E-state index contributed by atoms with van der Waals surface area (Å²) in [7, 11) is 0. The standard InChI is InChI=1S/C7H3BrFNO3/c8-6-5(9)2-1-4(3-11)7(6)10(12)13/h1-3H. The van der Waals surface area contributed by atoms with E-state index in [2.05, 4.69) is 15.9 Å². The van der Waals surface area contributed by atoms with E-state index in [9.17, 15) is 19.3 Å². The van der Waals surface area contributed by atoms with Gasteiger partial charge in [-0.15, -0.1) is 0 Å². The second-order valence-corrected chi connectivity index (χ2v) is 2.97. The number of nitro benzene ring substituents is 1. The van der Waals surface area contributed by atoms with Gasteiger partial charge < -0.3 is 0 Å². The molecular formula is C7H3BrFNO3. The lowest BCUT2D eigenvalue weighted by Gasteiger charge is -1.98. The van der Waals surface area contributed by atoms with Crippen LogP contribution in [0.25, 0.3) is 0 Å². The summed E-state index contributed by atoms with van der Waals surface area (Å²) in [6, 6.07) is 2.05. The minimum absolute atomic E-state index is 0.154. The van der Waals surface area contributed by atoms with Crippen LogP contribution in [0.1, 0.15) is 10.4 Å². The number of benzene rings is 1. The van der Waals surface area contributed by atoms with Crippen LogP contribution in [0.3, 0.4) is 0 Å². The Morgan fingerprint density at radius 3 is 2.62 bits per heavy atom. The molecule has 0 aliphatic carbocycles. The molecule has 0 atom stereocenters. The molecule has 0 fully saturated rings. The summed E-state index contributed by atoms with van der Waals surface area (Å²) in [4.78, 5) is 19.9. The predicted octanol–water partition coefficient (Wildman–Crippen LogP) is 2.31. The number of aldehydes is 1. The highest BCUT2D eigenvalue weighted by atomic mass is 79.9. The second-order valence-electron chi connectivity index (χ2n) is 2.17. The van der Waals surface area contributed by atoms with Crippen molar-refractivity contribution < 1.29 is 14.1 Å². The summed E-state index contributed by atoms with van der Waals surface area (Å²) in [6.07, 6.45) is 0.308. The SMILES string of the molecule is O=Cc1ccc(F)c(Br)c1[N+](=O)[O-]. The third-order valence-corrected chi connectivity index (χ3v) is 2.16. The van der Waals surface area contributed by atoms with E-state index in [-0.39, 0.29) is 10.0 Å². The van der Waals surface area contributed by atoms with E-state index in [4.69, 9.17) is 0 Å². The molecular weight excluding hydrogens is 245 g/mol. The van der Waals surface area contributed by atoms with Crippen LogP contribution < -0.4 is 0 Å². The van der Waals surface area contributed by atoms with E-state index in [0.29, 0.717) is 6.29 Å². The fourth-order valence-corrected chi connectivity index (χ4v) is 1.34. The second kappa shape index (κ2) is 3.61. The van der Waals surface area contributed by atoms with Gasteiger partial charge in [0, 0.05) is 0 Å². The summed E-state index contributed by atoms with van der Waals surface area (Å²) in [6.45, 7) is 0. The first-order valence-electron chi connectivity index (χ1n) is 3.15. The Morgan fingerprint density at radius 2 is 2.15 bits per heavy atom. The Morgan fingerprint density at radius 1 is 1.54 bits per heavy atom. The highest BCUT2D eigenvalue weighted by Crippen LogP contribution is 2.30. The number of carbonyl (C=O) groups is 1. The normalized spacial score (nSPS) is 9.69. The topological polar surface area (TPSA) is 60.2 Å². The first kappa shape index (κ1) is 9.79. The van der Waals surface area contributed by atoms with Crippen LogP contribution in [-0.4, -0.2) is 11.2 Å². The van der Waals surface area contributed by atoms with Crippen molar-refractivity contribution >= 4 is 27.9 Å². The van der Waals surface area contributed by atoms with Gasteiger partial charge in [0.25, 0.3) is 5.69 Å². The summed E-state index contributed by atoms with van der Waals surface area (Å²) in [5.41, 5.74) is -0.701. The van der Waals surface area contributed by atoms with Crippen LogP contribution in [0, 0.1) is 15.9 Å². The summed E-state index contributed by atoms with van der Waals surface area (Å²) in [5.74, 6) is -0.766. The molecule has 13 heavy (non-hydrogen) atoms. The van der Waals surface area contributed by atoms with Crippen molar-refractivity contribution in [3.05, 3.63) is 38.1 Å². The van der Waals surface area contributed by atoms with Crippen LogP contribution in [0.15, 0.2) is 16.6 Å². The molecule has 0 spiro atoms. The third-order valence-electron chi connectivity index (χ3n) is 1.41. The van der Waals surface area contributed by atoms with Gasteiger partial charge in [0.2, 0.25) is 0 Å². The number of carbonyl (C=O) groups excluding carboxylic acids is 1. The Kier molecular flexibility index (Phi) is 2.72. The first-order chi connectivity index (χ1) is 6.07. The van der Waals surface area contributed by atoms with Crippen molar-refractivity contribution in [1.82, 2.24) is 0 Å². The van der Waals surface area contributed by atoms with Crippen molar-refractivity contribution in [3.63, 3.8) is 0 Å². The zero-order valence-electron chi connectivity index (χ0n) is 6.16. The molecule has 1 aromatic rings. The lowest BCUT2D eigenvalue weighted by atomic mass is 10.2. The zero-order valence-corrected chi connectivity index (χ0v) is 7.75. The van der Waals surface area contributed by atoms with Crippen molar-refractivity contribution in [1.29, 1.82) is 0 Å². The van der Waals surface area contributed by atoms with Crippen LogP contribution in [0.5, 0.6) is 0 Å². The molecule has 0 unspecified atom stereocenters. The Hall–Kier alpha value is -1.30. The summed E-state index contributed by atoms with van der Waals surface area (Å²) in [5, 5.41) is 10.4. The highest BCUT2D eigenvalue weighted by molar-refractivity contribution is 9.10. The summed E-state index contributed by atoms with van der Waals surface area (Å²) >= 11 is 2.70. The van der Waals surface area contributed by atoms with Gasteiger partial charge >= 0.3 is 0 Å². The molecule has 68 valence electrons. The number of halogens is 2. The number of hydrogen-bond acceptors (Lipinski definition) is 3. The number of hydrogen-bond donors (Lipinski definition) is 0. The molecule has 0 saturated carbocycles. The maximum absolute atomic E-state index is 12.8. The molecule has 6 heteroatoms. The molecule has 0 radical (unpaired) electrons. The molecule has 4 nitrogen and oxygen atoms in total. The fourth-order valence-electron chi connectivity index (χ4n) is 0.836. The molecule has 0 aromatic heterocycles. The van der Waals surface area contributed by atoms with Gasteiger partial charge in [0.1, 0.15) is 10.3 Å². The van der Waals surface area contributed by atoms with Crippen molar-refractivity contribution in [2.45, 2.75) is 0 Å². The molecule has 1 aromatic carbocycles.